The summed E-state index contributed by atoms with van der Waals surface area (Å²) in [6.07, 6.45) is 0. The highest BCUT2D eigenvalue weighted by molar-refractivity contribution is 5.75. The van der Waals surface area contributed by atoms with Gasteiger partial charge >= 0.3 is 5.69 Å². The number of aryl methyl sites for hydroxylation is 1. The Balaban J connectivity index is 2.02. The quantitative estimate of drug-likeness (QED) is 0.603. The molecule has 2 aromatic rings. The molecule has 0 aliphatic heterocycles. The zero-order valence-corrected chi connectivity index (χ0v) is 14.5. The number of amides is 1. The molecular weight excluding hydrogens is 328 g/mol. The van der Waals surface area contributed by atoms with Gasteiger partial charge in [-0.2, -0.15) is 5.10 Å². The standard InChI is InChI=1S/C16H20N4O5/c1-10-16(20(22)23)11(2)19(18-10)9-15(21)17-8-12-5-6-13(24-3)14(7-12)25-4/h5-7H,8-9H2,1-4H3,(H,17,21). The van der Waals surface area contributed by atoms with Gasteiger partial charge in [-0.1, -0.05) is 6.07 Å². The van der Waals surface area contributed by atoms with Gasteiger partial charge in [0.1, 0.15) is 17.9 Å². The number of rotatable bonds is 7. The minimum Gasteiger partial charge on any atom is -0.493 e. The van der Waals surface area contributed by atoms with Crippen molar-refractivity contribution in [1.82, 2.24) is 15.1 Å². The first-order chi connectivity index (χ1) is 11.9. The first kappa shape index (κ1) is 18.2. The highest BCUT2D eigenvalue weighted by atomic mass is 16.6. The van der Waals surface area contributed by atoms with Crippen molar-refractivity contribution in [1.29, 1.82) is 0 Å². The zero-order valence-electron chi connectivity index (χ0n) is 14.5. The maximum atomic E-state index is 12.1. The van der Waals surface area contributed by atoms with Crippen molar-refractivity contribution in [3.8, 4) is 11.5 Å². The highest BCUT2D eigenvalue weighted by Gasteiger charge is 2.22. The van der Waals surface area contributed by atoms with Crippen LogP contribution in [0.25, 0.3) is 0 Å². The van der Waals surface area contributed by atoms with E-state index in [0.29, 0.717) is 23.7 Å². The summed E-state index contributed by atoms with van der Waals surface area (Å²) in [4.78, 5) is 22.6. The Kier molecular flexibility index (Phi) is 5.58. The largest absolute Gasteiger partial charge is 0.493 e. The summed E-state index contributed by atoms with van der Waals surface area (Å²) < 4.78 is 11.7. The number of nitro groups is 1. The van der Waals surface area contributed by atoms with Crippen LogP contribution in [-0.4, -0.2) is 34.8 Å². The molecule has 1 heterocycles. The first-order valence-electron chi connectivity index (χ1n) is 7.53. The monoisotopic (exact) mass is 348 g/mol. The third-order valence-corrected chi connectivity index (χ3v) is 3.76. The van der Waals surface area contributed by atoms with Gasteiger partial charge in [0.25, 0.3) is 0 Å². The fourth-order valence-electron chi connectivity index (χ4n) is 2.49. The number of hydrogen-bond donors (Lipinski definition) is 1. The molecule has 0 fully saturated rings. The van der Waals surface area contributed by atoms with Crippen LogP contribution in [0, 0.1) is 24.0 Å². The molecule has 134 valence electrons. The van der Waals surface area contributed by atoms with Gasteiger partial charge in [0.15, 0.2) is 11.5 Å². The van der Waals surface area contributed by atoms with Crippen LogP contribution < -0.4 is 14.8 Å². The molecule has 9 nitrogen and oxygen atoms in total. The summed E-state index contributed by atoms with van der Waals surface area (Å²) in [7, 11) is 3.09. The fourth-order valence-corrected chi connectivity index (χ4v) is 2.49. The Bertz CT molecular complexity index is 800. The Morgan fingerprint density at radius 2 is 1.96 bits per heavy atom. The fraction of sp³-hybridized carbons (Fsp3) is 0.375. The molecule has 0 saturated heterocycles. The van der Waals surface area contributed by atoms with Gasteiger partial charge in [0, 0.05) is 6.54 Å². The average Bonchev–Trinajstić information content (AvgIpc) is 2.86. The van der Waals surface area contributed by atoms with Crippen LogP contribution in [0.4, 0.5) is 5.69 Å². The number of ether oxygens (including phenoxy) is 2. The summed E-state index contributed by atoms with van der Waals surface area (Å²) >= 11 is 0. The predicted molar refractivity (Wildman–Crippen MR) is 89.7 cm³/mol. The second-order valence-corrected chi connectivity index (χ2v) is 5.40. The van der Waals surface area contributed by atoms with E-state index < -0.39 is 4.92 Å². The molecule has 25 heavy (non-hydrogen) atoms. The molecule has 2 rings (SSSR count). The lowest BCUT2D eigenvalue weighted by Crippen LogP contribution is -2.28. The van der Waals surface area contributed by atoms with E-state index in [2.05, 4.69) is 10.4 Å². The van der Waals surface area contributed by atoms with E-state index in [1.807, 2.05) is 6.07 Å². The van der Waals surface area contributed by atoms with Gasteiger partial charge in [-0.25, -0.2) is 0 Å². The van der Waals surface area contributed by atoms with Crippen molar-refractivity contribution in [2.24, 2.45) is 0 Å². The lowest BCUT2D eigenvalue weighted by atomic mass is 10.2. The molecule has 0 spiro atoms. The van der Waals surface area contributed by atoms with Crippen LogP contribution in [0.5, 0.6) is 11.5 Å². The van der Waals surface area contributed by atoms with Crippen molar-refractivity contribution in [2.45, 2.75) is 26.9 Å². The van der Waals surface area contributed by atoms with Crippen molar-refractivity contribution >= 4 is 11.6 Å². The lowest BCUT2D eigenvalue weighted by molar-refractivity contribution is -0.386. The predicted octanol–water partition coefficient (Wildman–Crippen LogP) is 1.74. The maximum absolute atomic E-state index is 12.1. The summed E-state index contributed by atoms with van der Waals surface area (Å²) in [5.74, 6) is 0.881. The molecule has 0 radical (unpaired) electrons. The van der Waals surface area contributed by atoms with Gasteiger partial charge in [-0.15, -0.1) is 0 Å². The van der Waals surface area contributed by atoms with E-state index in [-0.39, 0.29) is 23.8 Å². The minimum atomic E-state index is -0.490. The molecule has 0 saturated carbocycles. The smallest absolute Gasteiger partial charge is 0.312 e. The summed E-state index contributed by atoms with van der Waals surface area (Å²) in [5, 5.41) is 17.8. The zero-order chi connectivity index (χ0) is 18.6. The van der Waals surface area contributed by atoms with Crippen LogP contribution in [-0.2, 0) is 17.9 Å². The number of hydrogen-bond acceptors (Lipinski definition) is 6. The molecule has 1 N–H and O–H groups in total. The number of aromatic nitrogens is 2. The maximum Gasteiger partial charge on any atom is 0.312 e. The normalized spacial score (nSPS) is 10.4. The lowest BCUT2D eigenvalue weighted by Gasteiger charge is -2.10. The number of benzene rings is 1. The summed E-state index contributed by atoms with van der Waals surface area (Å²) in [5.41, 5.74) is 1.41. The van der Waals surface area contributed by atoms with Crippen LogP contribution in [0.2, 0.25) is 0 Å². The summed E-state index contributed by atoms with van der Waals surface area (Å²) in [6.45, 7) is 3.32. The molecule has 0 atom stereocenters. The minimum absolute atomic E-state index is 0.0623. The third-order valence-electron chi connectivity index (χ3n) is 3.76. The van der Waals surface area contributed by atoms with Gasteiger partial charge in [0.05, 0.1) is 19.1 Å². The average molecular weight is 348 g/mol. The Morgan fingerprint density at radius 1 is 1.28 bits per heavy atom. The SMILES string of the molecule is COc1ccc(CNC(=O)Cn2nc(C)c([N+](=O)[O-])c2C)cc1OC. The molecular formula is C16H20N4O5. The Labute approximate surface area is 144 Å². The summed E-state index contributed by atoms with van der Waals surface area (Å²) in [6, 6.07) is 5.34. The van der Waals surface area contributed by atoms with Crippen LogP contribution in [0.15, 0.2) is 18.2 Å². The number of nitrogens with one attached hydrogen (secondary N) is 1. The van der Waals surface area contributed by atoms with Gasteiger partial charge < -0.3 is 14.8 Å². The highest BCUT2D eigenvalue weighted by Crippen LogP contribution is 2.27. The van der Waals surface area contributed by atoms with E-state index in [0.717, 1.165) is 5.56 Å². The van der Waals surface area contributed by atoms with Crippen LogP contribution in [0.3, 0.4) is 0 Å². The molecule has 1 amide bonds. The second kappa shape index (κ2) is 7.65. The molecule has 9 heteroatoms. The van der Waals surface area contributed by atoms with E-state index in [1.165, 1.54) is 11.8 Å². The van der Waals surface area contributed by atoms with Crippen LogP contribution >= 0.6 is 0 Å². The van der Waals surface area contributed by atoms with E-state index in [9.17, 15) is 14.9 Å². The van der Waals surface area contributed by atoms with Crippen molar-refractivity contribution in [3.05, 3.63) is 45.3 Å². The third kappa shape index (κ3) is 4.06. The number of methoxy groups -OCH3 is 2. The second-order valence-electron chi connectivity index (χ2n) is 5.40. The number of carbonyl (C=O) groups excluding carboxylic acids is 1. The Hall–Kier alpha value is -3.10. The van der Waals surface area contributed by atoms with Crippen molar-refractivity contribution in [2.75, 3.05) is 14.2 Å². The van der Waals surface area contributed by atoms with E-state index >= 15 is 0 Å². The van der Waals surface area contributed by atoms with E-state index in [4.69, 9.17) is 9.47 Å². The first-order valence-corrected chi connectivity index (χ1v) is 7.53. The van der Waals surface area contributed by atoms with Gasteiger partial charge in [0.2, 0.25) is 5.91 Å². The molecule has 1 aromatic heterocycles. The number of nitrogens with zero attached hydrogens (tertiary/aromatic N) is 3. The molecule has 0 unspecified atom stereocenters. The van der Waals surface area contributed by atoms with Gasteiger partial charge in [-0.3, -0.25) is 19.6 Å². The molecule has 1 aromatic carbocycles. The number of carbonyl (C=O) groups is 1. The van der Waals surface area contributed by atoms with Gasteiger partial charge in [-0.05, 0) is 31.5 Å². The molecule has 0 bridgehead atoms. The van der Waals surface area contributed by atoms with Crippen LogP contribution in [0.1, 0.15) is 17.0 Å². The topological polar surface area (TPSA) is 109 Å². The van der Waals surface area contributed by atoms with Crippen molar-refractivity contribution in [3.63, 3.8) is 0 Å². The molecule has 0 aliphatic carbocycles. The molecule has 0 aliphatic rings. The van der Waals surface area contributed by atoms with E-state index in [1.54, 1.807) is 33.1 Å². The Morgan fingerprint density at radius 3 is 2.52 bits per heavy atom. The van der Waals surface area contributed by atoms with Crippen molar-refractivity contribution < 1.29 is 19.2 Å².